The largest absolute Gasteiger partial charge is 0.489 e. The Labute approximate surface area is 177 Å². The van der Waals surface area contributed by atoms with Gasteiger partial charge >= 0.3 is 0 Å². The van der Waals surface area contributed by atoms with Crippen LogP contribution in [0.15, 0.2) is 59.4 Å². The van der Waals surface area contributed by atoms with Gasteiger partial charge in [-0.2, -0.15) is 0 Å². The smallest absolute Gasteiger partial charge is 0.274 e. The highest BCUT2D eigenvalue weighted by Gasteiger charge is 2.32. The molecule has 0 aliphatic carbocycles. The van der Waals surface area contributed by atoms with E-state index in [1.807, 2.05) is 30.3 Å². The predicted octanol–water partition coefficient (Wildman–Crippen LogP) is 2.30. The van der Waals surface area contributed by atoms with Crippen LogP contribution in [0.4, 0.5) is 5.69 Å². The third-order valence-corrected chi connectivity index (χ3v) is 5.21. The molecular formula is C22H19N5O4. The van der Waals surface area contributed by atoms with Gasteiger partial charge in [-0.1, -0.05) is 35.5 Å². The van der Waals surface area contributed by atoms with Crippen molar-refractivity contribution in [3.8, 4) is 5.75 Å². The second-order valence-corrected chi connectivity index (χ2v) is 7.31. The lowest BCUT2D eigenvalue weighted by Gasteiger charge is -2.20. The first-order valence-corrected chi connectivity index (χ1v) is 9.76. The molecule has 3 heterocycles. The number of benzene rings is 2. The molecule has 2 aromatic carbocycles. The van der Waals surface area contributed by atoms with Crippen LogP contribution in [0.3, 0.4) is 0 Å². The first-order chi connectivity index (χ1) is 15.1. The van der Waals surface area contributed by atoms with Crippen LogP contribution in [-0.4, -0.2) is 46.6 Å². The third kappa shape index (κ3) is 3.61. The van der Waals surface area contributed by atoms with Crippen molar-refractivity contribution in [2.75, 3.05) is 18.6 Å². The monoisotopic (exact) mass is 417 g/mol. The number of nitrogens with one attached hydrogen (secondary N) is 2. The van der Waals surface area contributed by atoms with Crippen LogP contribution in [0, 0.1) is 0 Å². The number of carbonyl (C=O) groups excluding carboxylic acids is 2. The molecule has 9 nitrogen and oxygen atoms in total. The van der Waals surface area contributed by atoms with Crippen LogP contribution in [0.1, 0.15) is 21.8 Å². The van der Waals surface area contributed by atoms with E-state index in [9.17, 15) is 9.59 Å². The van der Waals surface area contributed by atoms with Crippen LogP contribution in [0.2, 0.25) is 0 Å². The predicted molar refractivity (Wildman–Crippen MR) is 112 cm³/mol. The minimum atomic E-state index is -0.870. The van der Waals surface area contributed by atoms with Gasteiger partial charge < -0.3 is 24.5 Å². The maximum atomic E-state index is 13.0. The van der Waals surface area contributed by atoms with E-state index < -0.39 is 11.9 Å². The maximum absolute atomic E-state index is 13.0. The summed E-state index contributed by atoms with van der Waals surface area (Å²) in [6.45, 7) is -0.00737. The van der Waals surface area contributed by atoms with Crippen molar-refractivity contribution in [3.63, 3.8) is 0 Å². The molecule has 156 valence electrons. The van der Waals surface area contributed by atoms with Crippen LogP contribution in [0.5, 0.6) is 5.75 Å². The lowest BCUT2D eigenvalue weighted by atomic mass is 10.1. The van der Waals surface area contributed by atoms with Crippen molar-refractivity contribution in [2.45, 2.75) is 12.5 Å². The van der Waals surface area contributed by atoms with E-state index in [4.69, 9.17) is 9.26 Å². The Morgan fingerprint density at radius 1 is 1.26 bits per heavy atom. The molecule has 5 rings (SSSR count). The normalized spacial score (nSPS) is 16.0. The topological polar surface area (TPSA) is 113 Å². The fourth-order valence-corrected chi connectivity index (χ4v) is 3.56. The van der Waals surface area contributed by atoms with Gasteiger partial charge in [-0.05, 0) is 11.6 Å². The van der Waals surface area contributed by atoms with Crippen LogP contribution in [-0.2, 0) is 11.2 Å². The van der Waals surface area contributed by atoms with Gasteiger partial charge in [-0.15, -0.1) is 0 Å². The molecule has 0 spiro atoms. The van der Waals surface area contributed by atoms with Gasteiger partial charge in [0.05, 0.1) is 23.0 Å². The summed E-state index contributed by atoms with van der Waals surface area (Å²) in [6.07, 6.45) is 2.10. The number of carbonyl (C=O) groups is 2. The van der Waals surface area contributed by atoms with Crippen LogP contribution in [0.25, 0.3) is 11.0 Å². The molecule has 9 heteroatoms. The van der Waals surface area contributed by atoms with Crippen molar-refractivity contribution in [2.24, 2.45) is 0 Å². The molecule has 1 atom stereocenters. The zero-order valence-electron chi connectivity index (χ0n) is 16.7. The van der Waals surface area contributed by atoms with Gasteiger partial charge in [0, 0.05) is 25.6 Å². The summed E-state index contributed by atoms with van der Waals surface area (Å²) in [6, 6.07) is 14.0. The minimum Gasteiger partial charge on any atom is -0.489 e. The fraction of sp³-hybridized carbons (Fsp3) is 0.182. The molecule has 2 N–H and O–H groups in total. The number of H-pyrrole nitrogens is 1. The van der Waals surface area contributed by atoms with Crippen molar-refractivity contribution < 1.29 is 18.8 Å². The van der Waals surface area contributed by atoms with Gasteiger partial charge in [-0.25, -0.2) is 4.98 Å². The number of amides is 2. The van der Waals surface area contributed by atoms with E-state index in [1.54, 1.807) is 31.6 Å². The SMILES string of the molecule is CN1C(=O)[C@@H](NC(=O)c2cc(Cc3ccccc3)on2)COc2cc3nc[nH]c3cc21. The molecule has 1 aliphatic rings. The van der Waals surface area contributed by atoms with Gasteiger partial charge in [0.15, 0.2) is 5.69 Å². The highest BCUT2D eigenvalue weighted by Crippen LogP contribution is 2.33. The molecule has 2 aromatic heterocycles. The quantitative estimate of drug-likeness (QED) is 0.527. The number of ether oxygens (including phenoxy) is 1. The number of aromatic amines is 1. The van der Waals surface area contributed by atoms with E-state index in [1.165, 1.54) is 4.90 Å². The van der Waals surface area contributed by atoms with Crippen LogP contribution < -0.4 is 15.0 Å². The van der Waals surface area contributed by atoms with Gasteiger partial charge in [0.2, 0.25) is 0 Å². The lowest BCUT2D eigenvalue weighted by molar-refractivity contribution is -0.120. The van der Waals surface area contributed by atoms with Crippen molar-refractivity contribution in [1.29, 1.82) is 0 Å². The summed E-state index contributed by atoms with van der Waals surface area (Å²) in [7, 11) is 1.64. The Kier molecular flexibility index (Phi) is 4.62. The maximum Gasteiger partial charge on any atom is 0.274 e. The second kappa shape index (κ2) is 7.60. The van der Waals surface area contributed by atoms with E-state index in [0.717, 1.165) is 16.6 Å². The zero-order chi connectivity index (χ0) is 21.4. The van der Waals surface area contributed by atoms with Crippen LogP contribution >= 0.6 is 0 Å². The summed E-state index contributed by atoms with van der Waals surface area (Å²) in [5.41, 5.74) is 3.28. The van der Waals surface area contributed by atoms with Crippen molar-refractivity contribution in [1.82, 2.24) is 20.4 Å². The number of likely N-dealkylation sites (N-methyl/N-ethyl adjacent to an activating group) is 1. The zero-order valence-corrected chi connectivity index (χ0v) is 16.7. The van der Waals surface area contributed by atoms with Gasteiger partial charge in [-0.3, -0.25) is 9.59 Å². The number of nitrogens with zero attached hydrogens (tertiary/aromatic N) is 3. The summed E-state index contributed by atoms with van der Waals surface area (Å²) in [4.78, 5) is 34.3. The molecule has 0 unspecified atom stereocenters. The number of imidazole rings is 1. The molecule has 31 heavy (non-hydrogen) atoms. The summed E-state index contributed by atoms with van der Waals surface area (Å²) < 4.78 is 11.1. The summed E-state index contributed by atoms with van der Waals surface area (Å²) >= 11 is 0. The Bertz CT molecular complexity index is 1260. The number of fused-ring (bicyclic) bond motifs is 2. The number of rotatable bonds is 4. The fourth-order valence-electron chi connectivity index (χ4n) is 3.56. The summed E-state index contributed by atoms with van der Waals surface area (Å²) in [5.74, 6) is 0.294. The van der Waals surface area contributed by atoms with Crippen molar-refractivity contribution in [3.05, 3.63) is 71.9 Å². The van der Waals surface area contributed by atoms with Gasteiger partial charge in [0.25, 0.3) is 11.8 Å². The molecule has 0 bridgehead atoms. The molecule has 0 fully saturated rings. The number of hydrogen-bond acceptors (Lipinski definition) is 6. The average Bonchev–Trinajstić information content (AvgIpc) is 3.42. The first kappa shape index (κ1) is 18.9. The number of hydrogen-bond donors (Lipinski definition) is 2. The molecule has 0 saturated heterocycles. The molecular weight excluding hydrogens is 398 g/mol. The Balaban J connectivity index is 1.31. The Morgan fingerprint density at radius 2 is 2.10 bits per heavy atom. The first-order valence-electron chi connectivity index (χ1n) is 9.76. The average molecular weight is 417 g/mol. The van der Waals surface area contributed by atoms with E-state index in [-0.39, 0.29) is 18.2 Å². The standard InChI is InChI=1S/C22H19N5O4/c1-27-19-9-15-16(24-12-23-15)10-20(19)30-11-18(22(27)29)25-21(28)17-8-14(31-26-17)7-13-5-3-2-4-6-13/h2-6,8-10,12,18H,7,11H2,1H3,(H,23,24)(H,25,28)/t18-/m0/s1. The van der Waals surface area contributed by atoms with Gasteiger partial charge in [0.1, 0.15) is 24.2 Å². The summed E-state index contributed by atoms with van der Waals surface area (Å²) in [5, 5.41) is 6.55. The Morgan fingerprint density at radius 3 is 2.94 bits per heavy atom. The number of aromatic nitrogens is 3. The highest BCUT2D eigenvalue weighted by atomic mass is 16.5. The molecule has 2 amide bonds. The molecule has 4 aromatic rings. The molecule has 1 aliphatic heterocycles. The second-order valence-electron chi connectivity index (χ2n) is 7.31. The molecule has 0 saturated carbocycles. The third-order valence-electron chi connectivity index (χ3n) is 5.21. The lowest BCUT2D eigenvalue weighted by Crippen LogP contribution is -2.49. The van der Waals surface area contributed by atoms with Crippen molar-refractivity contribution >= 4 is 28.5 Å². The van der Waals surface area contributed by atoms with E-state index in [2.05, 4.69) is 20.4 Å². The van der Waals surface area contributed by atoms with E-state index >= 15 is 0 Å². The van der Waals surface area contributed by atoms with E-state index in [0.29, 0.717) is 23.6 Å². The minimum absolute atomic E-state index is 0.00737. The number of anilines is 1. The molecule has 0 radical (unpaired) electrons. The Hall–Kier alpha value is -4.14. The highest BCUT2D eigenvalue weighted by molar-refractivity contribution is 6.04.